The molecule has 0 saturated carbocycles. The molecule has 0 aliphatic heterocycles. The molecule has 0 amide bonds. The lowest BCUT2D eigenvalue weighted by Crippen LogP contribution is -2.08. The molecule has 2 heterocycles. The number of fused-ring (bicyclic) bond motifs is 1. The van der Waals surface area contributed by atoms with Gasteiger partial charge in [0.05, 0.1) is 30.5 Å². The summed E-state index contributed by atoms with van der Waals surface area (Å²) >= 11 is 2.26. The van der Waals surface area contributed by atoms with Crippen LogP contribution in [0.25, 0.3) is 11.0 Å². The molecule has 0 N–H and O–H groups in total. The predicted octanol–water partition coefficient (Wildman–Crippen LogP) is 6.25. The molecule has 2 aromatic carbocycles. The second kappa shape index (κ2) is 8.97. The minimum atomic E-state index is -4.46. The van der Waals surface area contributed by atoms with Gasteiger partial charge in [-0.05, 0) is 71.5 Å². The Hall–Kier alpha value is -2.82. The lowest BCUT2D eigenvalue weighted by molar-refractivity contribution is -0.141. The fourth-order valence-electron chi connectivity index (χ4n) is 3.38. The van der Waals surface area contributed by atoms with Gasteiger partial charge in [-0.1, -0.05) is 12.1 Å². The van der Waals surface area contributed by atoms with Crippen LogP contribution in [0, 0.1) is 3.57 Å². The summed E-state index contributed by atoms with van der Waals surface area (Å²) in [6.45, 7) is 2.14. The Morgan fingerprint density at radius 1 is 1.03 bits per heavy atom. The van der Waals surface area contributed by atoms with Crippen LogP contribution >= 0.6 is 22.6 Å². The second-order valence-corrected chi connectivity index (χ2v) is 8.45. The van der Waals surface area contributed by atoms with Crippen molar-refractivity contribution in [3.63, 3.8) is 0 Å². The fourth-order valence-corrected chi connectivity index (χ4v) is 3.85. The van der Waals surface area contributed by atoms with Crippen molar-refractivity contribution in [2.45, 2.75) is 25.7 Å². The molecular weight excluding hydrogens is 534 g/mol. The van der Waals surface area contributed by atoms with Gasteiger partial charge in [0.1, 0.15) is 12.3 Å². The van der Waals surface area contributed by atoms with Gasteiger partial charge in [0.15, 0.2) is 11.5 Å². The Balaban J connectivity index is 1.52. The predicted molar refractivity (Wildman–Crippen MR) is 123 cm³/mol. The number of nitrogens with zero attached hydrogens (tertiary/aromatic N) is 3. The van der Waals surface area contributed by atoms with Crippen LogP contribution in [-0.2, 0) is 12.8 Å². The smallest absolute Gasteiger partial charge is 0.433 e. The number of methoxy groups -OCH3 is 1. The lowest BCUT2D eigenvalue weighted by atomic mass is 10.1. The molecule has 5 nitrogen and oxygen atoms in total. The molecule has 0 saturated heterocycles. The number of aromatic nitrogens is 3. The zero-order valence-corrected chi connectivity index (χ0v) is 19.4. The van der Waals surface area contributed by atoms with Crippen LogP contribution in [0.3, 0.4) is 0 Å². The Morgan fingerprint density at radius 3 is 2.53 bits per heavy atom. The van der Waals surface area contributed by atoms with E-state index in [-0.39, 0.29) is 12.6 Å². The van der Waals surface area contributed by atoms with Crippen molar-refractivity contribution >= 4 is 33.6 Å². The summed E-state index contributed by atoms with van der Waals surface area (Å²) in [6.07, 6.45) is -1.48. The molecule has 4 rings (SSSR count). The van der Waals surface area contributed by atoms with E-state index >= 15 is 0 Å². The Labute approximate surface area is 196 Å². The highest BCUT2D eigenvalue weighted by atomic mass is 127. The third-order valence-electron chi connectivity index (χ3n) is 5.13. The largest absolute Gasteiger partial charge is 0.493 e. The molecule has 32 heavy (non-hydrogen) atoms. The van der Waals surface area contributed by atoms with E-state index in [2.05, 4.69) is 44.0 Å². The van der Waals surface area contributed by atoms with Gasteiger partial charge in [-0.2, -0.15) is 13.2 Å². The Bertz CT molecular complexity index is 1240. The quantitative estimate of drug-likeness (QED) is 0.265. The zero-order valence-electron chi connectivity index (χ0n) is 17.2. The molecule has 9 heteroatoms. The maximum Gasteiger partial charge on any atom is 0.433 e. The molecule has 0 aliphatic rings. The minimum Gasteiger partial charge on any atom is -0.493 e. The van der Waals surface area contributed by atoms with Crippen molar-refractivity contribution in [2.75, 3.05) is 7.11 Å². The molecule has 1 unspecified atom stereocenters. The van der Waals surface area contributed by atoms with Crippen molar-refractivity contribution in [3.05, 3.63) is 81.4 Å². The first-order valence-electron chi connectivity index (χ1n) is 9.71. The molecule has 166 valence electrons. The van der Waals surface area contributed by atoms with Crippen molar-refractivity contribution in [1.82, 2.24) is 14.5 Å². The van der Waals surface area contributed by atoms with E-state index in [4.69, 9.17) is 9.47 Å². The number of benzene rings is 2. The SMILES string of the molecule is COc1cc(C(C)n2cnc3cc(I)ccc32)ccc1OCc1ccc(C(F)(F)F)nc1. The molecule has 0 fully saturated rings. The van der Waals surface area contributed by atoms with Gasteiger partial charge >= 0.3 is 6.18 Å². The first-order chi connectivity index (χ1) is 15.3. The maximum absolute atomic E-state index is 12.7. The third-order valence-corrected chi connectivity index (χ3v) is 5.80. The summed E-state index contributed by atoms with van der Waals surface area (Å²) in [6, 6.07) is 14.0. The van der Waals surface area contributed by atoms with Crippen LogP contribution in [0.15, 0.2) is 61.1 Å². The summed E-state index contributed by atoms with van der Waals surface area (Å²) in [7, 11) is 1.55. The van der Waals surface area contributed by atoms with Crippen LogP contribution in [-0.4, -0.2) is 21.6 Å². The van der Waals surface area contributed by atoms with Crippen LogP contribution in [0.4, 0.5) is 13.2 Å². The summed E-state index contributed by atoms with van der Waals surface area (Å²) in [5, 5.41) is 0. The second-order valence-electron chi connectivity index (χ2n) is 7.21. The van der Waals surface area contributed by atoms with E-state index in [1.807, 2.05) is 36.7 Å². The van der Waals surface area contributed by atoms with Crippen molar-refractivity contribution in [3.8, 4) is 11.5 Å². The van der Waals surface area contributed by atoms with E-state index < -0.39 is 11.9 Å². The number of pyridine rings is 1. The number of hydrogen-bond donors (Lipinski definition) is 0. The van der Waals surface area contributed by atoms with E-state index in [1.54, 1.807) is 13.2 Å². The van der Waals surface area contributed by atoms with Gasteiger partial charge in [-0.25, -0.2) is 4.98 Å². The van der Waals surface area contributed by atoms with Crippen LogP contribution in [0.2, 0.25) is 0 Å². The van der Waals surface area contributed by atoms with Gasteiger partial charge in [0.25, 0.3) is 0 Å². The Morgan fingerprint density at radius 2 is 1.84 bits per heavy atom. The summed E-state index contributed by atoms with van der Waals surface area (Å²) in [4.78, 5) is 7.95. The van der Waals surface area contributed by atoms with Crippen molar-refractivity contribution in [2.24, 2.45) is 0 Å². The number of halogens is 4. The molecule has 0 bridgehead atoms. The molecule has 2 aromatic heterocycles. The van der Waals surface area contributed by atoms with Crippen LogP contribution in [0.1, 0.15) is 29.8 Å². The van der Waals surface area contributed by atoms with Gasteiger partial charge in [-0.3, -0.25) is 4.98 Å². The van der Waals surface area contributed by atoms with E-state index in [1.165, 1.54) is 6.07 Å². The first kappa shape index (κ1) is 22.4. The van der Waals surface area contributed by atoms with Gasteiger partial charge in [0, 0.05) is 15.3 Å². The highest BCUT2D eigenvalue weighted by Crippen LogP contribution is 2.33. The highest BCUT2D eigenvalue weighted by Gasteiger charge is 2.32. The maximum atomic E-state index is 12.7. The molecule has 0 spiro atoms. The first-order valence-corrected chi connectivity index (χ1v) is 10.8. The summed E-state index contributed by atoms with van der Waals surface area (Å²) in [5.41, 5.74) is 2.56. The molecule has 1 atom stereocenters. The standard InChI is InChI=1S/C23H19F3IN3O2/c1-14(30-13-29-18-10-17(27)5-6-19(18)30)16-4-7-20(21(9-16)31-2)32-12-15-3-8-22(28-11-15)23(24,25)26/h3-11,13-14H,12H2,1-2H3. The average Bonchev–Trinajstić information content (AvgIpc) is 3.19. The van der Waals surface area contributed by atoms with Crippen molar-refractivity contribution in [1.29, 1.82) is 0 Å². The fraction of sp³-hybridized carbons (Fsp3) is 0.217. The molecule has 0 aliphatic carbocycles. The van der Waals surface area contributed by atoms with E-state index in [0.717, 1.165) is 32.4 Å². The van der Waals surface area contributed by atoms with Gasteiger partial charge in [0.2, 0.25) is 0 Å². The number of hydrogen-bond acceptors (Lipinski definition) is 4. The zero-order chi connectivity index (χ0) is 22.9. The molecular formula is C23H19F3IN3O2. The van der Waals surface area contributed by atoms with Crippen LogP contribution < -0.4 is 9.47 Å². The monoisotopic (exact) mass is 553 g/mol. The summed E-state index contributed by atoms with van der Waals surface area (Å²) < 4.78 is 52.5. The Kier molecular flexibility index (Phi) is 6.27. The van der Waals surface area contributed by atoms with Gasteiger partial charge in [-0.15, -0.1) is 0 Å². The number of ether oxygens (including phenoxy) is 2. The third kappa shape index (κ3) is 4.67. The van der Waals surface area contributed by atoms with E-state index in [0.29, 0.717) is 17.1 Å². The summed E-state index contributed by atoms with van der Waals surface area (Å²) in [5.74, 6) is 1.03. The minimum absolute atomic E-state index is 0.00197. The normalized spacial score (nSPS) is 12.7. The lowest BCUT2D eigenvalue weighted by Gasteiger charge is -2.18. The molecule has 0 radical (unpaired) electrons. The average molecular weight is 553 g/mol. The number of rotatable bonds is 6. The number of imidazole rings is 1. The van der Waals surface area contributed by atoms with Gasteiger partial charge < -0.3 is 14.0 Å². The van der Waals surface area contributed by atoms with E-state index in [9.17, 15) is 13.2 Å². The topological polar surface area (TPSA) is 49.2 Å². The molecule has 4 aromatic rings. The van der Waals surface area contributed by atoms with Crippen LogP contribution in [0.5, 0.6) is 11.5 Å². The number of alkyl halides is 3. The van der Waals surface area contributed by atoms with Crippen molar-refractivity contribution < 1.29 is 22.6 Å². The highest BCUT2D eigenvalue weighted by molar-refractivity contribution is 14.1.